The monoisotopic (exact) mass is 326 g/mol. The SMILES string of the molecule is Cc1ccc(CNCCn2cc(Br)ccc2=O)s1. The van der Waals surface area contributed by atoms with Gasteiger partial charge in [0.05, 0.1) is 0 Å². The summed E-state index contributed by atoms with van der Waals surface area (Å²) in [7, 11) is 0. The molecule has 2 heterocycles. The summed E-state index contributed by atoms with van der Waals surface area (Å²) in [5.74, 6) is 0. The van der Waals surface area contributed by atoms with Crippen molar-refractivity contribution in [3.05, 3.63) is 55.0 Å². The molecule has 0 radical (unpaired) electrons. The van der Waals surface area contributed by atoms with Crippen LogP contribution in [-0.2, 0) is 13.1 Å². The molecule has 0 aromatic carbocycles. The number of hydrogen-bond acceptors (Lipinski definition) is 3. The predicted molar refractivity (Wildman–Crippen MR) is 79.2 cm³/mol. The van der Waals surface area contributed by atoms with Gasteiger partial charge in [0.1, 0.15) is 0 Å². The lowest BCUT2D eigenvalue weighted by Crippen LogP contribution is -2.25. The first-order valence-electron chi connectivity index (χ1n) is 5.77. The van der Waals surface area contributed by atoms with Crippen LogP contribution in [0.25, 0.3) is 0 Å². The molecule has 0 saturated heterocycles. The summed E-state index contributed by atoms with van der Waals surface area (Å²) in [6.07, 6.45) is 1.82. The van der Waals surface area contributed by atoms with Crippen molar-refractivity contribution >= 4 is 27.3 Å². The van der Waals surface area contributed by atoms with Gasteiger partial charge in [-0.1, -0.05) is 0 Å². The van der Waals surface area contributed by atoms with Crippen LogP contribution < -0.4 is 10.9 Å². The number of nitrogens with one attached hydrogen (secondary N) is 1. The molecule has 1 N–H and O–H groups in total. The van der Waals surface area contributed by atoms with Gasteiger partial charge >= 0.3 is 0 Å². The number of hydrogen-bond donors (Lipinski definition) is 1. The van der Waals surface area contributed by atoms with Crippen LogP contribution in [0, 0.1) is 6.92 Å². The Bertz CT molecular complexity index is 576. The van der Waals surface area contributed by atoms with E-state index >= 15 is 0 Å². The first kappa shape index (κ1) is 13.5. The van der Waals surface area contributed by atoms with Crippen LogP contribution in [0.15, 0.2) is 39.7 Å². The second-order valence-corrected chi connectivity index (χ2v) is 6.36. The standard InChI is InChI=1S/C13H15BrN2OS/c1-10-2-4-12(18-10)8-15-6-7-16-9-11(14)3-5-13(16)17/h2-5,9,15H,6-8H2,1H3. The Morgan fingerprint density at radius 2 is 2.17 bits per heavy atom. The van der Waals surface area contributed by atoms with Gasteiger partial charge in [-0.3, -0.25) is 4.79 Å². The minimum Gasteiger partial charge on any atom is -0.313 e. The highest BCUT2D eigenvalue weighted by Gasteiger charge is 1.98. The maximum Gasteiger partial charge on any atom is 0.250 e. The summed E-state index contributed by atoms with van der Waals surface area (Å²) in [6, 6.07) is 7.60. The molecule has 2 rings (SSSR count). The van der Waals surface area contributed by atoms with Gasteiger partial charge < -0.3 is 9.88 Å². The maximum atomic E-state index is 11.6. The van der Waals surface area contributed by atoms with Crippen molar-refractivity contribution in [2.45, 2.75) is 20.0 Å². The number of pyridine rings is 1. The molecule has 0 aliphatic heterocycles. The zero-order valence-corrected chi connectivity index (χ0v) is 12.6. The molecule has 0 bridgehead atoms. The fraction of sp³-hybridized carbons (Fsp3) is 0.308. The van der Waals surface area contributed by atoms with Gasteiger partial charge in [-0.2, -0.15) is 0 Å². The molecule has 2 aromatic heterocycles. The number of rotatable bonds is 5. The maximum absolute atomic E-state index is 11.6. The third kappa shape index (κ3) is 3.80. The predicted octanol–water partition coefficient (Wildman–Crippen LogP) is 2.77. The van der Waals surface area contributed by atoms with Gasteiger partial charge in [-0.05, 0) is 41.1 Å². The molecule has 0 spiro atoms. The van der Waals surface area contributed by atoms with Gasteiger partial charge in [-0.15, -0.1) is 11.3 Å². The molecule has 0 aliphatic carbocycles. The molecule has 0 saturated carbocycles. The van der Waals surface area contributed by atoms with Crippen molar-refractivity contribution in [1.82, 2.24) is 9.88 Å². The molecule has 5 heteroatoms. The zero-order valence-electron chi connectivity index (χ0n) is 10.1. The highest BCUT2D eigenvalue weighted by Crippen LogP contribution is 2.14. The van der Waals surface area contributed by atoms with Crippen LogP contribution in [0.2, 0.25) is 0 Å². The van der Waals surface area contributed by atoms with Crippen LogP contribution in [0.4, 0.5) is 0 Å². The van der Waals surface area contributed by atoms with Gasteiger partial charge in [0, 0.05) is 46.1 Å². The Morgan fingerprint density at radius 1 is 1.33 bits per heavy atom. The smallest absolute Gasteiger partial charge is 0.250 e. The first-order valence-corrected chi connectivity index (χ1v) is 7.38. The van der Waals surface area contributed by atoms with Gasteiger partial charge in [0.2, 0.25) is 0 Å². The van der Waals surface area contributed by atoms with Crippen molar-refractivity contribution in [2.24, 2.45) is 0 Å². The van der Waals surface area contributed by atoms with Gasteiger partial charge in [0.25, 0.3) is 5.56 Å². The Labute approximate surface area is 119 Å². The van der Waals surface area contributed by atoms with Crippen LogP contribution >= 0.6 is 27.3 Å². The molecule has 18 heavy (non-hydrogen) atoms. The third-order valence-electron chi connectivity index (χ3n) is 2.57. The fourth-order valence-corrected chi connectivity index (χ4v) is 2.91. The highest BCUT2D eigenvalue weighted by molar-refractivity contribution is 9.10. The zero-order chi connectivity index (χ0) is 13.0. The molecule has 0 atom stereocenters. The van der Waals surface area contributed by atoms with E-state index in [-0.39, 0.29) is 5.56 Å². The highest BCUT2D eigenvalue weighted by atomic mass is 79.9. The van der Waals surface area contributed by atoms with E-state index in [9.17, 15) is 4.79 Å². The van der Waals surface area contributed by atoms with Crippen LogP contribution in [0.3, 0.4) is 0 Å². The van der Waals surface area contributed by atoms with Crippen LogP contribution in [-0.4, -0.2) is 11.1 Å². The molecule has 2 aromatic rings. The van der Waals surface area contributed by atoms with Crippen LogP contribution in [0.5, 0.6) is 0 Å². The van der Waals surface area contributed by atoms with Crippen molar-refractivity contribution in [2.75, 3.05) is 6.54 Å². The topological polar surface area (TPSA) is 34.0 Å². The summed E-state index contributed by atoms with van der Waals surface area (Å²) in [5.41, 5.74) is 0.0342. The molecule has 0 unspecified atom stereocenters. The number of halogens is 1. The molecule has 3 nitrogen and oxygen atoms in total. The summed E-state index contributed by atoms with van der Waals surface area (Å²) in [4.78, 5) is 14.2. The van der Waals surface area contributed by atoms with E-state index < -0.39 is 0 Å². The minimum atomic E-state index is 0.0342. The molecular weight excluding hydrogens is 312 g/mol. The van der Waals surface area contributed by atoms with Crippen molar-refractivity contribution < 1.29 is 0 Å². The number of aromatic nitrogens is 1. The van der Waals surface area contributed by atoms with E-state index in [2.05, 4.69) is 40.3 Å². The summed E-state index contributed by atoms with van der Waals surface area (Å²) < 4.78 is 2.63. The van der Waals surface area contributed by atoms with Crippen LogP contribution in [0.1, 0.15) is 9.75 Å². The average molecular weight is 327 g/mol. The fourth-order valence-electron chi connectivity index (χ4n) is 1.67. The van der Waals surface area contributed by atoms with Crippen molar-refractivity contribution in [1.29, 1.82) is 0 Å². The molecular formula is C13H15BrN2OS. The quantitative estimate of drug-likeness (QED) is 0.857. The van der Waals surface area contributed by atoms with E-state index in [0.717, 1.165) is 17.6 Å². The van der Waals surface area contributed by atoms with E-state index in [1.54, 1.807) is 28.0 Å². The number of aryl methyl sites for hydroxylation is 1. The Hall–Kier alpha value is -0.910. The number of thiophene rings is 1. The Balaban J connectivity index is 1.82. The largest absolute Gasteiger partial charge is 0.313 e. The molecule has 0 amide bonds. The van der Waals surface area contributed by atoms with E-state index in [1.807, 2.05) is 6.20 Å². The molecule has 0 fully saturated rings. The Kier molecular flexibility index (Phi) is 4.74. The van der Waals surface area contributed by atoms with Gasteiger partial charge in [0.15, 0.2) is 0 Å². The van der Waals surface area contributed by atoms with Crippen molar-refractivity contribution in [3.63, 3.8) is 0 Å². The third-order valence-corrected chi connectivity index (χ3v) is 4.04. The summed E-state index contributed by atoms with van der Waals surface area (Å²) >= 11 is 5.17. The second kappa shape index (κ2) is 6.31. The molecule has 0 aliphatic rings. The number of nitrogens with zero attached hydrogens (tertiary/aromatic N) is 1. The second-order valence-electron chi connectivity index (χ2n) is 4.07. The Morgan fingerprint density at radius 3 is 2.89 bits per heavy atom. The van der Waals surface area contributed by atoms with E-state index in [1.165, 1.54) is 9.75 Å². The molecule has 96 valence electrons. The van der Waals surface area contributed by atoms with Crippen molar-refractivity contribution in [3.8, 4) is 0 Å². The lowest BCUT2D eigenvalue weighted by Gasteiger charge is -2.06. The first-order chi connectivity index (χ1) is 8.65. The average Bonchev–Trinajstić information content (AvgIpc) is 2.75. The van der Waals surface area contributed by atoms with Gasteiger partial charge in [-0.25, -0.2) is 0 Å². The minimum absolute atomic E-state index is 0.0342. The van der Waals surface area contributed by atoms with E-state index in [0.29, 0.717) is 6.54 Å². The summed E-state index contributed by atoms with van der Waals surface area (Å²) in [5, 5.41) is 3.35. The lowest BCUT2D eigenvalue weighted by atomic mass is 10.4. The van der Waals surface area contributed by atoms with E-state index in [4.69, 9.17) is 0 Å². The normalized spacial score (nSPS) is 10.8. The summed E-state index contributed by atoms with van der Waals surface area (Å²) in [6.45, 7) is 4.44. The lowest BCUT2D eigenvalue weighted by molar-refractivity contribution is 0.587.